The van der Waals surface area contributed by atoms with Crippen molar-refractivity contribution in [3.05, 3.63) is 0 Å². The van der Waals surface area contributed by atoms with Crippen LogP contribution in [0.1, 0.15) is 80.1 Å². The van der Waals surface area contributed by atoms with Crippen LogP contribution < -0.4 is 5.32 Å². The van der Waals surface area contributed by atoms with E-state index in [9.17, 15) is 0 Å². The monoisotopic (exact) mass is 289 g/mol. The molecular formula is C20H35N. The minimum Gasteiger partial charge on any atom is -0.310 e. The number of hydrogen-bond acceptors (Lipinski definition) is 1. The van der Waals surface area contributed by atoms with Gasteiger partial charge in [-0.1, -0.05) is 41.5 Å². The fraction of sp³-hybridized carbons (Fsp3) is 1.00. The van der Waals surface area contributed by atoms with E-state index in [1.165, 1.54) is 38.5 Å². The summed E-state index contributed by atoms with van der Waals surface area (Å²) in [5.74, 6) is 1.91. The fourth-order valence-electron chi connectivity index (χ4n) is 7.37. The molecule has 0 spiro atoms. The Morgan fingerprint density at radius 3 is 2.00 bits per heavy atom. The van der Waals surface area contributed by atoms with Crippen molar-refractivity contribution in [2.45, 2.75) is 92.2 Å². The fourth-order valence-corrected chi connectivity index (χ4v) is 7.37. The topological polar surface area (TPSA) is 12.0 Å². The van der Waals surface area contributed by atoms with Gasteiger partial charge in [-0.05, 0) is 72.0 Å². The van der Waals surface area contributed by atoms with E-state index in [4.69, 9.17) is 0 Å². The second-order valence-corrected chi connectivity index (χ2v) is 10.7. The molecule has 0 aliphatic heterocycles. The summed E-state index contributed by atoms with van der Waals surface area (Å²) in [5, 5.41) is 4.27. The molecule has 6 atom stereocenters. The average molecular weight is 290 g/mol. The van der Waals surface area contributed by atoms with Crippen molar-refractivity contribution in [1.29, 1.82) is 0 Å². The van der Waals surface area contributed by atoms with E-state index < -0.39 is 0 Å². The molecule has 4 bridgehead atoms. The van der Waals surface area contributed by atoms with Crippen LogP contribution in [0.5, 0.6) is 0 Å². The van der Waals surface area contributed by atoms with Crippen LogP contribution >= 0.6 is 0 Å². The normalized spacial score (nSPS) is 56.3. The summed E-state index contributed by atoms with van der Waals surface area (Å²) in [6.07, 6.45) is 8.72. The van der Waals surface area contributed by atoms with Crippen LogP contribution in [0.15, 0.2) is 0 Å². The van der Waals surface area contributed by atoms with Gasteiger partial charge in [0.2, 0.25) is 0 Å². The molecule has 0 aromatic carbocycles. The molecule has 0 amide bonds. The van der Waals surface area contributed by atoms with Crippen LogP contribution in [-0.4, -0.2) is 12.1 Å². The Labute approximate surface area is 131 Å². The first kappa shape index (κ1) is 14.5. The van der Waals surface area contributed by atoms with E-state index in [0.717, 1.165) is 23.9 Å². The van der Waals surface area contributed by atoms with Crippen LogP contribution in [0.25, 0.3) is 0 Å². The average Bonchev–Trinajstić information content (AvgIpc) is 2.98. The standard InChI is InChI=1S/C20H35N/c1-17(2)14-7-9-19(5,12-14)16(17)21-15-11-13-8-10-20(15,6)18(13,3)4/h13-16,21H,7-12H2,1-6H3. The lowest BCUT2D eigenvalue weighted by molar-refractivity contribution is 0.0559. The molecular weight excluding hydrogens is 254 g/mol. The van der Waals surface area contributed by atoms with Crippen LogP contribution in [0.4, 0.5) is 0 Å². The first-order chi connectivity index (χ1) is 9.61. The van der Waals surface area contributed by atoms with Gasteiger partial charge in [0.1, 0.15) is 0 Å². The van der Waals surface area contributed by atoms with Crippen molar-refractivity contribution in [2.24, 2.45) is 33.5 Å². The lowest BCUT2D eigenvalue weighted by atomic mass is 9.66. The van der Waals surface area contributed by atoms with Gasteiger partial charge in [0.15, 0.2) is 0 Å². The highest BCUT2D eigenvalue weighted by Gasteiger charge is 2.65. The molecule has 21 heavy (non-hydrogen) atoms. The van der Waals surface area contributed by atoms with E-state index in [0.29, 0.717) is 21.7 Å². The molecule has 0 heterocycles. The lowest BCUT2D eigenvalue weighted by Gasteiger charge is -2.48. The van der Waals surface area contributed by atoms with Crippen LogP contribution in [-0.2, 0) is 0 Å². The molecule has 4 aliphatic carbocycles. The molecule has 1 heteroatoms. The largest absolute Gasteiger partial charge is 0.310 e. The Bertz CT molecular complexity index is 460. The van der Waals surface area contributed by atoms with Crippen LogP contribution in [0, 0.1) is 33.5 Å². The minimum atomic E-state index is 0.495. The maximum Gasteiger partial charge on any atom is 0.0178 e. The smallest absolute Gasteiger partial charge is 0.0178 e. The predicted molar refractivity (Wildman–Crippen MR) is 89.2 cm³/mol. The summed E-state index contributed by atoms with van der Waals surface area (Å²) >= 11 is 0. The third-order valence-electron chi connectivity index (χ3n) is 9.43. The Hall–Kier alpha value is -0.0400. The molecule has 1 nitrogen and oxygen atoms in total. The van der Waals surface area contributed by atoms with Crippen LogP contribution in [0.3, 0.4) is 0 Å². The Balaban J connectivity index is 1.61. The zero-order chi connectivity index (χ0) is 15.3. The molecule has 4 saturated carbocycles. The van der Waals surface area contributed by atoms with Gasteiger partial charge in [-0.3, -0.25) is 0 Å². The number of fused-ring (bicyclic) bond motifs is 4. The Morgan fingerprint density at radius 1 is 0.857 bits per heavy atom. The van der Waals surface area contributed by atoms with Gasteiger partial charge in [-0.25, -0.2) is 0 Å². The van der Waals surface area contributed by atoms with Gasteiger partial charge in [0, 0.05) is 12.1 Å². The third kappa shape index (κ3) is 1.57. The summed E-state index contributed by atoms with van der Waals surface area (Å²) < 4.78 is 0. The third-order valence-corrected chi connectivity index (χ3v) is 9.43. The summed E-state index contributed by atoms with van der Waals surface area (Å²) in [5.41, 5.74) is 2.12. The highest BCUT2D eigenvalue weighted by atomic mass is 15.1. The van der Waals surface area contributed by atoms with Crippen molar-refractivity contribution in [1.82, 2.24) is 5.32 Å². The van der Waals surface area contributed by atoms with E-state index in [1.807, 2.05) is 0 Å². The SMILES string of the molecule is CC12CCC(C1)C(C)(C)C2NC1CC2CCC1(C)C2(C)C. The molecule has 4 aliphatic rings. The van der Waals surface area contributed by atoms with E-state index in [1.54, 1.807) is 0 Å². The van der Waals surface area contributed by atoms with Gasteiger partial charge < -0.3 is 5.32 Å². The molecule has 0 radical (unpaired) electrons. The molecule has 4 fully saturated rings. The van der Waals surface area contributed by atoms with Gasteiger partial charge in [0.05, 0.1) is 0 Å². The lowest BCUT2D eigenvalue weighted by Crippen LogP contribution is -2.57. The van der Waals surface area contributed by atoms with Gasteiger partial charge in [0.25, 0.3) is 0 Å². The minimum absolute atomic E-state index is 0.495. The highest BCUT2D eigenvalue weighted by Crippen LogP contribution is 2.67. The molecule has 1 N–H and O–H groups in total. The highest BCUT2D eigenvalue weighted by molar-refractivity contribution is 5.18. The maximum absolute atomic E-state index is 4.27. The van der Waals surface area contributed by atoms with Crippen molar-refractivity contribution < 1.29 is 0 Å². The first-order valence-corrected chi connectivity index (χ1v) is 9.37. The Morgan fingerprint density at radius 2 is 1.52 bits per heavy atom. The number of nitrogens with one attached hydrogen (secondary N) is 1. The van der Waals surface area contributed by atoms with Gasteiger partial charge in [-0.2, -0.15) is 0 Å². The number of rotatable bonds is 2. The quantitative estimate of drug-likeness (QED) is 0.754. The zero-order valence-electron chi connectivity index (χ0n) is 15.1. The van der Waals surface area contributed by atoms with E-state index >= 15 is 0 Å². The summed E-state index contributed by atoms with van der Waals surface area (Å²) in [6, 6.07) is 1.49. The molecule has 0 aromatic rings. The zero-order valence-corrected chi connectivity index (χ0v) is 15.1. The molecule has 120 valence electrons. The molecule has 6 unspecified atom stereocenters. The van der Waals surface area contributed by atoms with Crippen LogP contribution in [0.2, 0.25) is 0 Å². The summed E-state index contributed by atoms with van der Waals surface area (Å²) in [6.45, 7) is 15.3. The second kappa shape index (κ2) is 3.89. The van der Waals surface area contributed by atoms with Gasteiger partial charge >= 0.3 is 0 Å². The number of hydrogen-bond donors (Lipinski definition) is 1. The molecule has 0 saturated heterocycles. The molecule has 0 aromatic heterocycles. The van der Waals surface area contributed by atoms with Crippen molar-refractivity contribution in [3.63, 3.8) is 0 Å². The second-order valence-electron chi connectivity index (χ2n) is 10.7. The van der Waals surface area contributed by atoms with Crippen molar-refractivity contribution >= 4 is 0 Å². The first-order valence-electron chi connectivity index (χ1n) is 9.37. The summed E-state index contributed by atoms with van der Waals surface area (Å²) in [4.78, 5) is 0. The van der Waals surface area contributed by atoms with Crippen molar-refractivity contribution in [3.8, 4) is 0 Å². The Kier molecular flexibility index (Phi) is 2.69. The van der Waals surface area contributed by atoms with E-state index in [-0.39, 0.29) is 0 Å². The predicted octanol–water partition coefficient (Wildman–Crippen LogP) is 5.01. The van der Waals surface area contributed by atoms with Crippen molar-refractivity contribution in [2.75, 3.05) is 0 Å². The van der Waals surface area contributed by atoms with E-state index in [2.05, 4.69) is 46.9 Å². The molecule has 4 rings (SSSR count). The maximum atomic E-state index is 4.27. The summed E-state index contributed by atoms with van der Waals surface area (Å²) in [7, 11) is 0. The van der Waals surface area contributed by atoms with Gasteiger partial charge in [-0.15, -0.1) is 0 Å².